The Morgan fingerprint density at radius 2 is 1.92 bits per heavy atom. The van der Waals surface area contributed by atoms with Crippen molar-refractivity contribution in [1.29, 1.82) is 0 Å². The molecule has 3 rings (SSSR count). The van der Waals surface area contributed by atoms with E-state index in [0.29, 0.717) is 17.7 Å². The summed E-state index contributed by atoms with van der Waals surface area (Å²) in [6.07, 6.45) is 4.47. The number of hydrogen-bond acceptors (Lipinski definition) is 3. The molecule has 0 aliphatic carbocycles. The highest BCUT2D eigenvalue weighted by molar-refractivity contribution is 5.93. The average Bonchev–Trinajstić information content (AvgIpc) is 2.59. The van der Waals surface area contributed by atoms with Gasteiger partial charge in [-0.1, -0.05) is 43.5 Å². The number of aryl methyl sites for hydroxylation is 1. The summed E-state index contributed by atoms with van der Waals surface area (Å²) >= 11 is 0. The number of rotatable bonds is 6. The van der Waals surface area contributed by atoms with E-state index in [4.69, 9.17) is 9.47 Å². The van der Waals surface area contributed by atoms with Crippen LogP contribution in [0.5, 0.6) is 11.5 Å². The Morgan fingerprint density at radius 3 is 2.64 bits per heavy atom. The number of hydrogen-bond donors (Lipinski definition) is 0. The zero-order chi connectivity index (χ0) is 17.8. The molecule has 1 atom stereocenters. The summed E-state index contributed by atoms with van der Waals surface area (Å²) < 4.78 is 25.8. The number of esters is 1. The zero-order valence-electron chi connectivity index (χ0n) is 14.7. The summed E-state index contributed by atoms with van der Waals surface area (Å²) in [5.41, 5.74) is 1.80. The Hall–Kier alpha value is -2.36. The first-order chi connectivity index (χ1) is 12.1. The van der Waals surface area contributed by atoms with Crippen molar-refractivity contribution in [3.8, 4) is 11.5 Å². The van der Waals surface area contributed by atoms with Crippen molar-refractivity contribution in [3.05, 3.63) is 58.9 Å². The molecule has 0 aromatic heterocycles. The van der Waals surface area contributed by atoms with Crippen molar-refractivity contribution >= 4 is 5.97 Å². The predicted molar refractivity (Wildman–Crippen MR) is 94.7 cm³/mol. The number of carbonyl (C=O) groups is 1. The number of benzene rings is 2. The number of cyclic esters (lactones) is 1. The number of unbranched alkanes of at least 4 members (excludes halogenated alkanes) is 2. The molecule has 1 unspecified atom stereocenters. The highest BCUT2D eigenvalue weighted by Gasteiger charge is 2.30. The van der Waals surface area contributed by atoms with Gasteiger partial charge in [-0.05, 0) is 43.5 Å². The standard InChI is InChI=1S/C21H23FO3/c1-3-4-5-6-17-13-15-9-12-18(20(22)19(15)21(23)25-17)24-16-10-7-14(2)8-11-16/h7-12,17H,3-6,13H2,1-2H3. The van der Waals surface area contributed by atoms with Crippen molar-refractivity contribution in [2.75, 3.05) is 0 Å². The summed E-state index contributed by atoms with van der Waals surface area (Å²) in [5, 5.41) is 0. The van der Waals surface area contributed by atoms with Gasteiger partial charge in [-0.2, -0.15) is 0 Å². The first-order valence-corrected chi connectivity index (χ1v) is 8.85. The topological polar surface area (TPSA) is 35.5 Å². The van der Waals surface area contributed by atoms with E-state index in [1.807, 2.05) is 19.1 Å². The first-order valence-electron chi connectivity index (χ1n) is 8.85. The summed E-state index contributed by atoms with van der Waals surface area (Å²) in [5.74, 6) is -0.653. The van der Waals surface area contributed by atoms with Gasteiger partial charge in [-0.3, -0.25) is 0 Å². The maximum absolute atomic E-state index is 14.8. The van der Waals surface area contributed by atoms with Crippen LogP contribution in [0.3, 0.4) is 0 Å². The van der Waals surface area contributed by atoms with Gasteiger partial charge in [0.15, 0.2) is 11.6 Å². The third-order valence-electron chi connectivity index (χ3n) is 4.50. The molecule has 1 aliphatic rings. The van der Waals surface area contributed by atoms with E-state index < -0.39 is 11.8 Å². The van der Waals surface area contributed by atoms with Gasteiger partial charge in [-0.25, -0.2) is 9.18 Å². The number of carbonyl (C=O) groups excluding carboxylic acids is 1. The van der Waals surface area contributed by atoms with E-state index in [-0.39, 0.29) is 17.4 Å². The second-order valence-electron chi connectivity index (χ2n) is 6.55. The number of halogens is 1. The lowest BCUT2D eigenvalue weighted by Gasteiger charge is -2.25. The molecule has 3 nitrogen and oxygen atoms in total. The fourth-order valence-electron chi connectivity index (χ4n) is 3.08. The van der Waals surface area contributed by atoms with Crippen LogP contribution in [0.1, 0.15) is 54.1 Å². The molecule has 4 heteroatoms. The molecule has 1 aliphatic heterocycles. The maximum atomic E-state index is 14.8. The Kier molecular flexibility index (Phi) is 5.37. The fraction of sp³-hybridized carbons (Fsp3) is 0.381. The number of fused-ring (bicyclic) bond motifs is 1. The zero-order valence-corrected chi connectivity index (χ0v) is 14.7. The molecule has 0 bridgehead atoms. The summed E-state index contributed by atoms with van der Waals surface area (Å²) in [4.78, 5) is 12.3. The summed E-state index contributed by atoms with van der Waals surface area (Å²) in [6.45, 7) is 4.10. The third kappa shape index (κ3) is 4.01. The van der Waals surface area contributed by atoms with Crippen LogP contribution < -0.4 is 4.74 Å². The molecule has 0 amide bonds. The minimum atomic E-state index is -0.643. The van der Waals surface area contributed by atoms with Gasteiger partial charge in [0.2, 0.25) is 0 Å². The first kappa shape index (κ1) is 17.5. The lowest BCUT2D eigenvalue weighted by Crippen LogP contribution is -2.28. The SMILES string of the molecule is CCCCCC1Cc2ccc(Oc3ccc(C)cc3)c(F)c2C(=O)O1. The highest BCUT2D eigenvalue weighted by atomic mass is 19.1. The van der Waals surface area contributed by atoms with Crippen LogP contribution in [0, 0.1) is 12.7 Å². The van der Waals surface area contributed by atoms with Crippen molar-refractivity contribution in [3.63, 3.8) is 0 Å². The molecule has 132 valence electrons. The van der Waals surface area contributed by atoms with Crippen LogP contribution in [0.4, 0.5) is 4.39 Å². The van der Waals surface area contributed by atoms with E-state index in [2.05, 4.69) is 6.92 Å². The van der Waals surface area contributed by atoms with Gasteiger partial charge in [0, 0.05) is 6.42 Å². The molecule has 0 saturated heterocycles. The van der Waals surface area contributed by atoms with Crippen molar-refractivity contribution in [1.82, 2.24) is 0 Å². The Balaban J connectivity index is 1.79. The normalized spacial score (nSPS) is 16.3. The van der Waals surface area contributed by atoms with Gasteiger partial charge in [-0.15, -0.1) is 0 Å². The van der Waals surface area contributed by atoms with Crippen molar-refractivity contribution in [2.45, 2.75) is 52.1 Å². The lowest BCUT2D eigenvalue weighted by atomic mass is 9.95. The molecular formula is C21H23FO3. The second-order valence-corrected chi connectivity index (χ2v) is 6.55. The van der Waals surface area contributed by atoms with Crippen molar-refractivity contribution in [2.24, 2.45) is 0 Å². The van der Waals surface area contributed by atoms with Crippen LogP contribution in [0.25, 0.3) is 0 Å². The van der Waals surface area contributed by atoms with E-state index >= 15 is 0 Å². The van der Waals surface area contributed by atoms with Crippen LogP contribution in [-0.2, 0) is 11.2 Å². The third-order valence-corrected chi connectivity index (χ3v) is 4.50. The van der Waals surface area contributed by atoms with Gasteiger partial charge >= 0.3 is 5.97 Å². The minimum absolute atomic E-state index is 0.0105. The lowest BCUT2D eigenvalue weighted by molar-refractivity contribution is 0.0224. The monoisotopic (exact) mass is 342 g/mol. The van der Waals surface area contributed by atoms with Crippen molar-refractivity contribution < 1.29 is 18.7 Å². The van der Waals surface area contributed by atoms with Crippen LogP contribution >= 0.6 is 0 Å². The molecule has 2 aromatic rings. The minimum Gasteiger partial charge on any atom is -0.458 e. The predicted octanol–water partition coefficient (Wildman–Crippen LogP) is 5.59. The molecule has 0 saturated carbocycles. The smallest absolute Gasteiger partial charge is 0.341 e. The quantitative estimate of drug-likeness (QED) is 0.507. The summed E-state index contributed by atoms with van der Waals surface area (Å²) in [6, 6.07) is 10.7. The second kappa shape index (κ2) is 7.68. The molecule has 2 aromatic carbocycles. The molecule has 0 radical (unpaired) electrons. The van der Waals surface area contributed by atoms with Gasteiger partial charge in [0.25, 0.3) is 0 Å². The molecular weight excluding hydrogens is 319 g/mol. The van der Waals surface area contributed by atoms with Gasteiger partial charge in [0.1, 0.15) is 17.4 Å². The van der Waals surface area contributed by atoms with E-state index in [1.54, 1.807) is 24.3 Å². The van der Waals surface area contributed by atoms with Gasteiger partial charge < -0.3 is 9.47 Å². The van der Waals surface area contributed by atoms with Crippen LogP contribution in [0.2, 0.25) is 0 Å². The highest BCUT2D eigenvalue weighted by Crippen LogP contribution is 2.33. The molecule has 1 heterocycles. The number of ether oxygens (including phenoxy) is 2. The average molecular weight is 342 g/mol. The van der Waals surface area contributed by atoms with Crippen LogP contribution in [-0.4, -0.2) is 12.1 Å². The molecule has 0 N–H and O–H groups in total. The molecule has 0 spiro atoms. The Bertz CT molecular complexity index is 752. The maximum Gasteiger partial charge on any atom is 0.341 e. The van der Waals surface area contributed by atoms with E-state index in [9.17, 15) is 9.18 Å². The van der Waals surface area contributed by atoms with Crippen LogP contribution in [0.15, 0.2) is 36.4 Å². The Morgan fingerprint density at radius 1 is 1.16 bits per heavy atom. The Labute approximate surface area is 147 Å². The molecule has 25 heavy (non-hydrogen) atoms. The van der Waals surface area contributed by atoms with Gasteiger partial charge in [0.05, 0.1) is 0 Å². The molecule has 0 fully saturated rings. The van der Waals surface area contributed by atoms with E-state index in [0.717, 1.165) is 31.2 Å². The largest absolute Gasteiger partial charge is 0.458 e. The fourth-order valence-corrected chi connectivity index (χ4v) is 3.08. The summed E-state index contributed by atoms with van der Waals surface area (Å²) in [7, 11) is 0. The van der Waals surface area contributed by atoms with E-state index in [1.165, 1.54) is 0 Å².